The monoisotopic (exact) mass is 367 g/mol. The van der Waals surface area contributed by atoms with Gasteiger partial charge >= 0.3 is 0 Å². The molecule has 5 nitrogen and oxygen atoms in total. The van der Waals surface area contributed by atoms with Gasteiger partial charge in [-0.2, -0.15) is 0 Å². The van der Waals surface area contributed by atoms with Gasteiger partial charge in [0.2, 0.25) is 11.8 Å². The molecule has 144 valence electrons. The van der Waals surface area contributed by atoms with E-state index in [4.69, 9.17) is 0 Å². The van der Waals surface area contributed by atoms with Gasteiger partial charge in [-0.15, -0.1) is 0 Å². The zero-order chi connectivity index (χ0) is 19.6. The Balaban J connectivity index is 1.90. The molecule has 5 heteroatoms. The molecular formula is C22H29N3O2. The molecule has 2 heterocycles. The lowest BCUT2D eigenvalue weighted by Gasteiger charge is -2.39. The molecule has 1 aromatic heterocycles. The third-order valence-corrected chi connectivity index (χ3v) is 5.18. The lowest BCUT2D eigenvalue weighted by molar-refractivity contribution is -0.145. The maximum atomic E-state index is 13.3. The van der Waals surface area contributed by atoms with E-state index in [-0.39, 0.29) is 36.4 Å². The first-order valence-corrected chi connectivity index (χ1v) is 9.70. The molecule has 2 aromatic rings. The van der Waals surface area contributed by atoms with Crippen molar-refractivity contribution < 1.29 is 9.59 Å². The Labute approximate surface area is 161 Å². The summed E-state index contributed by atoms with van der Waals surface area (Å²) >= 11 is 0. The summed E-state index contributed by atoms with van der Waals surface area (Å²) in [6.45, 7) is 9.22. The highest BCUT2D eigenvalue weighted by molar-refractivity contribution is 5.86. The number of benzene rings is 1. The zero-order valence-corrected chi connectivity index (χ0v) is 16.6. The van der Waals surface area contributed by atoms with E-state index in [2.05, 4.69) is 29.0 Å². The van der Waals surface area contributed by atoms with Crippen LogP contribution in [-0.4, -0.2) is 45.3 Å². The van der Waals surface area contributed by atoms with Crippen LogP contribution in [0.3, 0.4) is 0 Å². The van der Waals surface area contributed by atoms with E-state index in [1.54, 1.807) is 4.90 Å². The number of hydrogen-bond acceptors (Lipinski definition) is 2. The van der Waals surface area contributed by atoms with E-state index in [1.807, 2.05) is 56.9 Å². The van der Waals surface area contributed by atoms with E-state index in [9.17, 15) is 9.59 Å². The smallest absolute Gasteiger partial charge is 0.243 e. The van der Waals surface area contributed by atoms with Crippen LogP contribution in [0.4, 0.5) is 0 Å². The minimum absolute atomic E-state index is 0.000923. The Morgan fingerprint density at radius 3 is 2.37 bits per heavy atom. The number of fused-ring (bicyclic) bond motifs is 1. The maximum Gasteiger partial charge on any atom is 0.243 e. The van der Waals surface area contributed by atoms with Gasteiger partial charge < -0.3 is 14.4 Å². The van der Waals surface area contributed by atoms with Crippen molar-refractivity contribution in [2.75, 3.05) is 13.1 Å². The van der Waals surface area contributed by atoms with Crippen LogP contribution < -0.4 is 0 Å². The predicted octanol–water partition coefficient (Wildman–Crippen LogP) is 3.31. The van der Waals surface area contributed by atoms with Gasteiger partial charge in [-0.1, -0.05) is 44.2 Å². The zero-order valence-electron chi connectivity index (χ0n) is 16.6. The number of hydrogen-bond donors (Lipinski definition) is 0. The average Bonchev–Trinajstić information content (AvgIpc) is 3.13. The molecule has 1 atom stereocenters. The number of nitrogens with zero attached hydrogens (tertiary/aromatic N) is 3. The van der Waals surface area contributed by atoms with Crippen molar-refractivity contribution in [2.24, 2.45) is 5.92 Å². The Bertz CT molecular complexity index is 795. The molecule has 1 unspecified atom stereocenters. The molecule has 0 saturated heterocycles. The number of rotatable bonds is 5. The fourth-order valence-electron chi connectivity index (χ4n) is 3.72. The molecule has 0 spiro atoms. The van der Waals surface area contributed by atoms with Crippen molar-refractivity contribution in [1.82, 2.24) is 14.4 Å². The first-order valence-electron chi connectivity index (χ1n) is 9.70. The SMILES string of the molecule is CC(C)C(=O)N(CC(=O)N1CCn2cccc2C1c1ccccc1)C(C)C. The minimum atomic E-state index is -0.122. The molecule has 0 aliphatic carbocycles. The van der Waals surface area contributed by atoms with Crippen LogP contribution >= 0.6 is 0 Å². The number of carbonyl (C=O) groups is 2. The third-order valence-electron chi connectivity index (χ3n) is 5.18. The van der Waals surface area contributed by atoms with E-state index >= 15 is 0 Å². The van der Waals surface area contributed by atoms with Crippen LogP contribution in [0.15, 0.2) is 48.7 Å². The topological polar surface area (TPSA) is 45.6 Å². The molecule has 2 amide bonds. The van der Waals surface area contributed by atoms with Crippen molar-refractivity contribution in [3.05, 3.63) is 59.9 Å². The van der Waals surface area contributed by atoms with Crippen LogP contribution in [0.25, 0.3) is 0 Å². The summed E-state index contributed by atoms with van der Waals surface area (Å²) in [4.78, 5) is 29.5. The van der Waals surface area contributed by atoms with E-state index < -0.39 is 0 Å². The van der Waals surface area contributed by atoms with Crippen molar-refractivity contribution in [3.63, 3.8) is 0 Å². The molecule has 27 heavy (non-hydrogen) atoms. The van der Waals surface area contributed by atoms with Crippen LogP contribution in [0.5, 0.6) is 0 Å². The maximum absolute atomic E-state index is 13.3. The summed E-state index contributed by atoms with van der Waals surface area (Å²) < 4.78 is 2.21. The summed E-state index contributed by atoms with van der Waals surface area (Å²) in [5.41, 5.74) is 2.21. The fraction of sp³-hybridized carbons (Fsp3) is 0.455. The number of amides is 2. The second-order valence-corrected chi connectivity index (χ2v) is 7.74. The second-order valence-electron chi connectivity index (χ2n) is 7.74. The molecule has 3 rings (SSSR count). The second kappa shape index (κ2) is 7.99. The quantitative estimate of drug-likeness (QED) is 0.814. The van der Waals surface area contributed by atoms with Crippen LogP contribution in [0.1, 0.15) is 45.0 Å². The summed E-state index contributed by atoms with van der Waals surface area (Å²) in [5, 5.41) is 0. The van der Waals surface area contributed by atoms with Gasteiger partial charge in [0, 0.05) is 36.9 Å². The van der Waals surface area contributed by atoms with Gasteiger partial charge in [-0.05, 0) is 31.5 Å². The van der Waals surface area contributed by atoms with Crippen molar-refractivity contribution in [3.8, 4) is 0 Å². The van der Waals surface area contributed by atoms with Gasteiger partial charge in [0.25, 0.3) is 0 Å². The molecule has 0 fully saturated rings. The van der Waals surface area contributed by atoms with Crippen molar-refractivity contribution >= 4 is 11.8 Å². The predicted molar refractivity (Wildman–Crippen MR) is 106 cm³/mol. The standard InChI is InChI=1S/C22H29N3O2/c1-16(2)22(27)25(17(3)4)15-20(26)24-14-13-23-12-8-11-19(23)21(24)18-9-6-5-7-10-18/h5-12,16-17,21H,13-15H2,1-4H3. The van der Waals surface area contributed by atoms with E-state index in [1.165, 1.54) is 0 Å². The normalized spacial score (nSPS) is 16.5. The highest BCUT2D eigenvalue weighted by Gasteiger charge is 2.34. The fourth-order valence-corrected chi connectivity index (χ4v) is 3.72. The van der Waals surface area contributed by atoms with Gasteiger partial charge in [-0.25, -0.2) is 0 Å². The summed E-state index contributed by atoms with van der Waals surface area (Å²) in [7, 11) is 0. The van der Waals surface area contributed by atoms with Crippen LogP contribution in [-0.2, 0) is 16.1 Å². The highest BCUT2D eigenvalue weighted by Crippen LogP contribution is 2.32. The van der Waals surface area contributed by atoms with Crippen molar-refractivity contribution in [2.45, 2.75) is 46.3 Å². The van der Waals surface area contributed by atoms with Crippen LogP contribution in [0, 0.1) is 5.92 Å². The summed E-state index contributed by atoms with van der Waals surface area (Å²) in [6, 6.07) is 14.1. The van der Waals surface area contributed by atoms with Gasteiger partial charge in [0.1, 0.15) is 6.54 Å². The van der Waals surface area contributed by atoms with E-state index in [0.717, 1.165) is 17.8 Å². The minimum Gasteiger partial charge on any atom is -0.348 e. The molecule has 0 bridgehead atoms. The van der Waals surface area contributed by atoms with Gasteiger partial charge in [-0.3, -0.25) is 9.59 Å². The lowest BCUT2D eigenvalue weighted by atomic mass is 9.99. The Kier molecular flexibility index (Phi) is 5.68. The summed E-state index contributed by atoms with van der Waals surface area (Å²) in [5.74, 6) is -0.0993. The Morgan fingerprint density at radius 2 is 1.74 bits per heavy atom. The third kappa shape index (κ3) is 3.92. The molecule has 1 aliphatic rings. The molecule has 1 aliphatic heterocycles. The average molecular weight is 367 g/mol. The van der Waals surface area contributed by atoms with Crippen LogP contribution in [0.2, 0.25) is 0 Å². The molecule has 0 saturated carbocycles. The molecule has 1 aromatic carbocycles. The number of aromatic nitrogens is 1. The highest BCUT2D eigenvalue weighted by atomic mass is 16.2. The Morgan fingerprint density at radius 1 is 1.04 bits per heavy atom. The van der Waals surface area contributed by atoms with E-state index in [0.29, 0.717) is 6.54 Å². The molecule has 0 N–H and O–H groups in total. The first kappa shape index (κ1) is 19.2. The van der Waals surface area contributed by atoms with Gasteiger partial charge in [0.05, 0.1) is 6.04 Å². The van der Waals surface area contributed by atoms with Crippen molar-refractivity contribution in [1.29, 1.82) is 0 Å². The molecule has 0 radical (unpaired) electrons. The largest absolute Gasteiger partial charge is 0.348 e. The lowest BCUT2D eigenvalue weighted by Crippen LogP contribution is -2.50. The summed E-state index contributed by atoms with van der Waals surface area (Å²) in [6.07, 6.45) is 2.07. The Hall–Kier alpha value is -2.56. The first-order chi connectivity index (χ1) is 12.9. The number of carbonyl (C=O) groups excluding carboxylic acids is 2. The van der Waals surface area contributed by atoms with Gasteiger partial charge in [0.15, 0.2) is 0 Å². The molecular weight excluding hydrogens is 338 g/mol.